The molecule has 1 aliphatic rings. The van der Waals surface area contributed by atoms with E-state index < -0.39 is 10.1 Å². The number of hydrogen-bond donors (Lipinski definition) is 1. The van der Waals surface area contributed by atoms with E-state index in [9.17, 15) is 13.2 Å². The predicted octanol–water partition coefficient (Wildman–Crippen LogP) is 3.87. The van der Waals surface area contributed by atoms with Gasteiger partial charge in [0, 0.05) is 5.56 Å². The van der Waals surface area contributed by atoms with Crippen molar-refractivity contribution in [1.29, 1.82) is 0 Å². The van der Waals surface area contributed by atoms with Crippen LogP contribution in [0, 0.1) is 6.92 Å². The van der Waals surface area contributed by atoms with E-state index in [4.69, 9.17) is 4.18 Å². The zero-order chi connectivity index (χ0) is 21.6. The van der Waals surface area contributed by atoms with Crippen LogP contribution in [0.5, 0.6) is 5.75 Å². The van der Waals surface area contributed by atoms with E-state index in [1.165, 1.54) is 30.1 Å². The summed E-state index contributed by atoms with van der Waals surface area (Å²) in [6, 6.07) is 13.0. The van der Waals surface area contributed by atoms with Gasteiger partial charge in [0.15, 0.2) is 10.9 Å². The summed E-state index contributed by atoms with van der Waals surface area (Å²) in [5, 5.41) is 11.1. The molecule has 0 aliphatic carbocycles. The van der Waals surface area contributed by atoms with Crippen LogP contribution in [-0.4, -0.2) is 31.0 Å². The lowest BCUT2D eigenvalue weighted by Crippen LogP contribution is -2.24. The van der Waals surface area contributed by atoms with E-state index in [-0.39, 0.29) is 21.8 Å². The summed E-state index contributed by atoms with van der Waals surface area (Å²) in [5.41, 5.74) is 1.38. The highest BCUT2D eigenvalue weighted by atomic mass is 32.2. The van der Waals surface area contributed by atoms with Crippen molar-refractivity contribution in [2.45, 2.75) is 43.3 Å². The van der Waals surface area contributed by atoms with Gasteiger partial charge in [-0.3, -0.25) is 4.79 Å². The van der Waals surface area contributed by atoms with Gasteiger partial charge in [-0.15, -0.1) is 5.10 Å². The van der Waals surface area contributed by atoms with Gasteiger partial charge in [0.25, 0.3) is 0 Å². The van der Waals surface area contributed by atoms with Crippen LogP contribution in [0.25, 0.3) is 0 Å². The number of amidine groups is 1. The summed E-state index contributed by atoms with van der Waals surface area (Å²) < 4.78 is 30.4. The molecule has 2 aromatic rings. The molecule has 158 valence electrons. The molecule has 1 heterocycles. The minimum atomic E-state index is -3.97. The number of nitrogens with zero attached hydrogens (tertiary/aromatic N) is 2. The molecule has 0 radical (unpaired) electrons. The van der Waals surface area contributed by atoms with Crippen molar-refractivity contribution in [1.82, 2.24) is 5.32 Å². The van der Waals surface area contributed by atoms with Gasteiger partial charge in [-0.1, -0.05) is 61.4 Å². The lowest BCUT2D eigenvalue weighted by atomic mass is 10.1. The summed E-state index contributed by atoms with van der Waals surface area (Å²) in [4.78, 5) is 12.0. The topological polar surface area (TPSA) is 97.2 Å². The summed E-state index contributed by atoms with van der Waals surface area (Å²) in [6.07, 6.45) is 4.21. The van der Waals surface area contributed by atoms with Crippen molar-refractivity contribution < 1.29 is 17.4 Å². The molecule has 1 fully saturated rings. The minimum absolute atomic E-state index is 0.0593. The third-order valence-electron chi connectivity index (χ3n) is 4.34. The predicted molar refractivity (Wildman–Crippen MR) is 120 cm³/mol. The fourth-order valence-corrected chi connectivity index (χ4v) is 4.72. The number of hydrogen-bond acceptors (Lipinski definition) is 7. The first-order chi connectivity index (χ1) is 14.4. The summed E-state index contributed by atoms with van der Waals surface area (Å²) in [5.74, 6) is 0.0910. The van der Waals surface area contributed by atoms with Crippen molar-refractivity contribution in [3.05, 3.63) is 59.7 Å². The highest BCUT2D eigenvalue weighted by molar-refractivity contribution is 8.15. The second-order valence-corrected chi connectivity index (χ2v) is 9.52. The lowest BCUT2D eigenvalue weighted by Gasteiger charge is -2.09. The van der Waals surface area contributed by atoms with Crippen molar-refractivity contribution in [2.75, 3.05) is 0 Å². The Balaban J connectivity index is 1.77. The second kappa shape index (κ2) is 9.90. The smallest absolute Gasteiger partial charge is 0.339 e. The van der Waals surface area contributed by atoms with Crippen LogP contribution in [0.15, 0.2) is 63.6 Å². The van der Waals surface area contributed by atoms with Crippen LogP contribution in [-0.2, 0) is 14.9 Å². The third-order valence-corrected chi connectivity index (χ3v) is 6.73. The Hall–Kier alpha value is -2.65. The maximum atomic E-state index is 12.5. The average Bonchev–Trinajstić information content (AvgIpc) is 3.08. The molecule has 1 N–H and O–H groups in total. The van der Waals surface area contributed by atoms with E-state index in [1.807, 2.05) is 6.92 Å². The van der Waals surface area contributed by atoms with E-state index in [0.717, 1.165) is 24.8 Å². The first-order valence-corrected chi connectivity index (χ1v) is 11.9. The van der Waals surface area contributed by atoms with Gasteiger partial charge in [-0.2, -0.15) is 13.5 Å². The molecule has 0 saturated carbocycles. The van der Waals surface area contributed by atoms with Gasteiger partial charge in [0.2, 0.25) is 5.91 Å². The van der Waals surface area contributed by atoms with Gasteiger partial charge in [0.05, 0.1) is 11.5 Å². The molecular weight excluding hydrogens is 422 g/mol. The normalized spacial score (nSPS) is 18.1. The molecule has 30 heavy (non-hydrogen) atoms. The van der Waals surface area contributed by atoms with Crippen LogP contribution in [0.4, 0.5) is 0 Å². The molecular formula is C21H23N3O4S2. The fraction of sp³-hybridized carbons (Fsp3) is 0.286. The monoisotopic (exact) mass is 445 g/mol. The number of rotatable bonds is 8. The lowest BCUT2D eigenvalue weighted by molar-refractivity contribution is -0.118. The largest absolute Gasteiger partial charge is 0.378 e. The van der Waals surface area contributed by atoms with Crippen LogP contribution in [0.3, 0.4) is 0 Å². The Morgan fingerprint density at radius 2 is 1.97 bits per heavy atom. The Morgan fingerprint density at radius 1 is 1.20 bits per heavy atom. The molecule has 2 aromatic carbocycles. The SMILES string of the molecule is CCCC[C@H]1S/C(=N\N=C/c2cc(C)ccc2OS(=O)(=O)c2ccccc2)NC1=O. The summed E-state index contributed by atoms with van der Waals surface area (Å²) in [6.45, 7) is 3.96. The molecule has 7 nitrogen and oxygen atoms in total. The molecule has 1 atom stereocenters. The molecule has 3 rings (SSSR count). The van der Waals surface area contributed by atoms with Gasteiger partial charge < -0.3 is 9.50 Å². The van der Waals surface area contributed by atoms with Crippen molar-refractivity contribution in [3.63, 3.8) is 0 Å². The number of benzene rings is 2. The van der Waals surface area contributed by atoms with Gasteiger partial charge in [-0.25, -0.2) is 0 Å². The number of thioether (sulfide) groups is 1. The van der Waals surface area contributed by atoms with E-state index in [0.29, 0.717) is 10.7 Å². The molecule has 0 bridgehead atoms. The quantitative estimate of drug-likeness (QED) is 0.378. The van der Waals surface area contributed by atoms with Crippen LogP contribution >= 0.6 is 11.8 Å². The van der Waals surface area contributed by atoms with E-state index in [2.05, 4.69) is 22.4 Å². The number of amides is 1. The first-order valence-electron chi connectivity index (χ1n) is 9.58. The molecule has 9 heteroatoms. The van der Waals surface area contributed by atoms with E-state index in [1.54, 1.807) is 36.4 Å². The van der Waals surface area contributed by atoms with Gasteiger partial charge in [-0.05, 0) is 37.6 Å². The second-order valence-electron chi connectivity index (χ2n) is 6.78. The fourth-order valence-electron chi connectivity index (χ4n) is 2.77. The van der Waals surface area contributed by atoms with Gasteiger partial charge >= 0.3 is 10.1 Å². The van der Waals surface area contributed by atoms with E-state index >= 15 is 0 Å². The average molecular weight is 446 g/mol. The zero-order valence-electron chi connectivity index (χ0n) is 16.7. The molecule has 0 spiro atoms. The van der Waals surface area contributed by atoms with Gasteiger partial charge in [0.1, 0.15) is 4.90 Å². The number of aryl methyl sites for hydroxylation is 1. The maximum Gasteiger partial charge on any atom is 0.339 e. The molecule has 1 aliphatic heterocycles. The van der Waals surface area contributed by atoms with Crippen LogP contribution < -0.4 is 9.50 Å². The van der Waals surface area contributed by atoms with Crippen molar-refractivity contribution in [2.24, 2.45) is 10.2 Å². The number of carbonyl (C=O) groups is 1. The minimum Gasteiger partial charge on any atom is -0.378 e. The standard InChI is InChI=1S/C21H23N3O4S2/c1-3-4-10-19-20(25)23-21(29-19)24-22-14-16-13-15(2)11-12-18(16)28-30(26,27)17-8-6-5-7-9-17/h5-9,11-14,19H,3-4,10H2,1-2H3,(H,23,24,25)/b22-14-/t19-/m1/s1. The Morgan fingerprint density at radius 3 is 2.70 bits per heavy atom. The molecule has 0 aromatic heterocycles. The number of unbranched alkanes of at least 4 members (excludes halogenated alkanes) is 1. The summed E-state index contributed by atoms with van der Waals surface area (Å²) >= 11 is 1.36. The number of nitrogens with one attached hydrogen (secondary N) is 1. The molecule has 1 saturated heterocycles. The van der Waals surface area contributed by atoms with Crippen molar-refractivity contribution in [3.8, 4) is 5.75 Å². The Kier molecular flexibility index (Phi) is 7.28. The Bertz CT molecular complexity index is 1070. The maximum absolute atomic E-state index is 12.5. The van der Waals surface area contributed by atoms with Crippen LogP contribution in [0.1, 0.15) is 37.3 Å². The Labute approximate surface area is 180 Å². The molecule has 0 unspecified atom stereocenters. The summed E-state index contributed by atoms with van der Waals surface area (Å²) in [7, 11) is -3.97. The highest BCUT2D eigenvalue weighted by Gasteiger charge is 2.29. The zero-order valence-corrected chi connectivity index (χ0v) is 18.4. The highest BCUT2D eigenvalue weighted by Crippen LogP contribution is 2.25. The molecule has 1 amide bonds. The third kappa shape index (κ3) is 5.70. The van der Waals surface area contributed by atoms with Crippen molar-refractivity contribution >= 4 is 39.2 Å². The van der Waals surface area contributed by atoms with Crippen LogP contribution in [0.2, 0.25) is 0 Å². The number of carbonyl (C=O) groups excluding carboxylic acids is 1. The first kappa shape index (κ1) is 22.0.